The lowest BCUT2D eigenvalue weighted by Crippen LogP contribution is -2.12. The lowest BCUT2D eigenvalue weighted by molar-refractivity contribution is 0.481. The normalized spacial score (nSPS) is 10.7. The molecule has 4 heteroatoms. The van der Waals surface area contributed by atoms with Gasteiger partial charge < -0.3 is 9.73 Å². The maximum absolute atomic E-state index is 5.26. The molecule has 1 aromatic carbocycles. The number of nitrogens with one attached hydrogen (secondary N) is 1. The average molecular weight is 253 g/mol. The molecule has 0 saturated heterocycles. The summed E-state index contributed by atoms with van der Waals surface area (Å²) >= 11 is 0. The molecule has 0 aliphatic heterocycles. The van der Waals surface area contributed by atoms with Gasteiger partial charge >= 0.3 is 0 Å². The SMILES string of the molecule is c1ccc(-n2ccc(CNCc3ccco3)n2)cc1. The molecule has 2 heterocycles. The smallest absolute Gasteiger partial charge is 0.117 e. The van der Waals surface area contributed by atoms with Crippen molar-refractivity contribution in [2.45, 2.75) is 13.1 Å². The zero-order valence-electron chi connectivity index (χ0n) is 10.5. The highest BCUT2D eigenvalue weighted by Crippen LogP contribution is 2.07. The third kappa shape index (κ3) is 2.92. The number of aromatic nitrogens is 2. The van der Waals surface area contributed by atoms with Crippen molar-refractivity contribution in [2.24, 2.45) is 0 Å². The van der Waals surface area contributed by atoms with Gasteiger partial charge in [0.15, 0.2) is 0 Å². The van der Waals surface area contributed by atoms with Crippen molar-refractivity contribution in [1.29, 1.82) is 0 Å². The molecule has 1 N–H and O–H groups in total. The second kappa shape index (κ2) is 5.54. The summed E-state index contributed by atoms with van der Waals surface area (Å²) < 4.78 is 7.14. The van der Waals surface area contributed by atoms with Gasteiger partial charge in [0.25, 0.3) is 0 Å². The molecule has 3 rings (SSSR count). The number of benzene rings is 1. The molecule has 96 valence electrons. The third-order valence-electron chi connectivity index (χ3n) is 2.85. The van der Waals surface area contributed by atoms with Crippen LogP contribution in [0.4, 0.5) is 0 Å². The van der Waals surface area contributed by atoms with Crippen LogP contribution in [-0.2, 0) is 13.1 Å². The van der Waals surface area contributed by atoms with Crippen molar-refractivity contribution < 1.29 is 4.42 Å². The van der Waals surface area contributed by atoms with Gasteiger partial charge in [0.2, 0.25) is 0 Å². The molecular formula is C15H15N3O. The van der Waals surface area contributed by atoms with E-state index in [1.807, 2.05) is 59.4 Å². The Morgan fingerprint density at radius 2 is 1.89 bits per heavy atom. The van der Waals surface area contributed by atoms with E-state index in [0.29, 0.717) is 6.54 Å². The second-order valence-corrected chi connectivity index (χ2v) is 4.27. The molecule has 2 aromatic heterocycles. The Morgan fingerprint density at radius 3 is 2.68 bits per heavy atom. The fraction of sp³-hybridized carbons (Fsp3) is 0.133. The van der Waals surface area contributed by atoms with Crippen molar-refractivity contribution in [3.63, 3.8) is 0 Å². The highest BCUT2D eigenvalue weighted by Gasteiger charge is 2.01. The van der Waals surface area contributed by atoms with Crippen LogP contribution in [0.3, 0.4) is 0 Å². The molecule has 0 bridgehead atoms. The van der Waals surface area contributed by atoms with Crippen LogP contribution in [0.25, 0.3) is 5.69 Å². The van der Waals surface area contributed by atoms with E-state index in [9.17, 15) is 0 Å². The number of para-hydroxylation sites is 1. The van der Waals surface area contributed by atoms with E-state index in [0.717, 1.165) is 23.7 Å². The molecular weight excluding hydrogens is 238 g/mol. The van der Waals surface area contributed by atoms with Gasteiger partial charge in [0, 0.05) is 12.7 Å². The Bertz CT molecular complexity index is 614. The van der Waals surface area contributed by atoms with E-state index in [1.165, 1.54) is 0 Å². The minimum absolute atomic E-state index is 0.713. The fourth-order valence-electron chi connectivity index (χ4n) is 1.91. The Kier molecular flexibility index (Phi) is 3.42. The van der Waals surface area contributed by atoms with Crippen LogP contribution in [-0.4, -0.2) is 9.78 Å². The maximum atomic E-state index is 5.26. The Labute approximate surface area is 111 Å². The van der Waals surface area contributed by atoms with E-state index in [-0.39, 0.29) is 0 Å². The summed E-state index contributed by atoms with van der Waals surface area (Å²) in [6.45, 7) is 1.44. The number of hydrogen-bond donors (Lipinski definition) is 1. The quantitative estimate of drug-likeness (QED) is 0.760. The molecule has 4 nitrogen and oxygen atoms in total. The van der Waals surface area contributed by atoms with Gasteiger partial charge in [-0.1, -0.05) is 18.2 Å². The van der Waals surface area contributed by atoms with Crippen LogP contribution < -0.4 is 5.32 Å². The molecule has 0 amide bonds. The van der Waals surface area contributed by atoms with Crippen molar-refractivity contribution in [2.75, 3.05) is 0 Å². The summed E-state index contributed by atoms with van der Waals surface area (Å²) in [5.41, 5.74) is 2.08. The van der Waals surface area contributed by atoms with Gasteiger partial charge in [0.05, 0.1) is 24.2 Å². The Morgan fingerprint density at radius 1 is 1.00 bits per heavy atom. The predicted molar refractivity (Wildman–Crippen MR) is 72.8 cm³/mol. The molecule has 0 aliphatic rings. The van der Waals surface area contributed by atoms with Crippen molar-refractivity contribution >= 4 is 0 Å². The summed E-state index contributed by atoms with van der Waals surface area (Å²) in [6, 6.07) is 15.9. The van der Waals surface area contributed by atoms with Crippen LogP contribution in [0.1, 0.15) is 11.5 Å². The van der Waals surface area contributed by atoms with Crippen LogP contribution in [0.2, 0.25) is 0 Å². The van der Waals surface area contributed by atoms with Gasteiger partial charge in [-0.05, 0) is 30.3 Å². The molecule has 0 atom stereocenters. The van der Waals surface area contributed by atoms with Gasteiger partial charge in [-0.25, -0.2) is 4.68 Å². The van der Waals surface area contributed by atoms with Crippen molar-refractivity contribution in [3.8, 4) is 5.69 Å². The molecule has 0 unspecified atom stereocenters. The van der Waals surface area contributed by atoms with E-state index < -0.39 is 0 Å². The zero-order chi connectivity index (χ0) is 12.9. The average Bonchev–Trinajstić information content (AvgIpc) is 3.11. The number of furan rings is 1. The lowest BCUT2D eigenvalue weighted by Gasteiger charge is -2.01. The first-order valence-corrected chi connectivity index (χ1v) is 6.25. The van der Waals surface area contributed by atoms with Crippen molar-refractivity contribution in [3.05, 3.63) is 72.4 Å². The van der Waals surface area contributed by atoms with Crippen LogP contribution in [0.15, 0.2) is 65.4 Å². The first-order valence-electron chi connectivity index (χ1n) is 6.25. The van der Waals surface area contributed by atoms with Crippen LogP contribution in [0, 0.1) is 0 Å². The van der Waals surface area contributed by atoms with Gasteiger partial charge in [-0.2, -0.15) is 5.10 Å². The molecule has 3 aromatic rings. The summed E-state index contributed by atoms with van der Waals surface area (Å²) in [4.78, 5) is 0. The van der Waals surface area contributed by atoms with Crippen LogP contribution in [0.5, 0.6) is 0 Å². The number of rotatable bonds is 5. The summed E-state index contributed by atoms with van der Waals surface area (Å²) in [5.74, 6) is 0.933. The highest BCUT2D eigenvalue weighted by molar-refractivity contribution is 5.30. The number of nitrogens with zero attached hydrogens (tertiary/aromatic N) is 2. The largest absolute Gasteiger partial charge is 0.468 e. The fourth-order valence-corrected chi connectivity index (χ4v) is 1.91. The maximum Gasteiger partial charge on any atom is 0.117 e. The van der Waals surface area contributed by atoms with E-state index in [4.69, 9.17) is 4.42 Å². The Balaban J connectivity index is 1.59. The minimum atomic E-state index is 0.713. The predicted octanol–water partition coefficient (Wildman–Crippen LogP) is 2.76. The van der Waals surface area contributed by atoms with E-state index in [1.54, 1.807) is 6.26 Å². The van der Waals surface area contributed by atoms with Gasteiger partial charge in [0.1, 0.15) is 5.76 Å². The first kappa shape index (κ1) is 11.7. The minimum Gasteiger partial charge on any atom is -0.468 e. The Hall–Kier alpha value is -2.33. The van der Waals surface area contributed by atoms with E-state index >= 15 is 0 Å². The standard InChI is InChI=1S/C15H15N3O/c1-2-5-14(6-3-1)18-9-8-13(17-18)11-16-12-15-7-4-10-19-15/h1-10,16H,11-12H2. The van der Waals surface area contributed by atoms with Gasteiger partial charge in [-0.15, -0.1) is 0 Å². The molecule has 0 saturated carbocycles. The summed E-state index contributed by atoms with van der Waals surface area (Å²) in [5, 5.41) is 7.82. The monoisotopic (exact) mass is 253 g/mol. The summed E-state index contributed by atoms with van der Waals surface area (Å²) in [6.07, 6.45) is 3.65. The molecule has 0 aliphatic carbocycles. The molecule has 19 heavy (non-hydrogen) atoms. The molecule has 0 spiro atoms. The summed E-state index contributed by atoms with van der Waals surface area (Å²) in [7, 11) is 0. The highest BCUT2D eigenvalue weighted by atomic mass is 16.3. The zero-order valence-corrected chi connectivity index (χ0v) is 10.5. The molecule has 0 radical (unpaired) electrons. The van der Waals surface area contributed by atoms with Crippen molar-refractivity contribution in [1.82, 2.24) is 15.1 Å². The van der Waals surface area contributed by atoms with E-state index in [2.05, 4.69) is 10.4 Å². The molecule has 0 fully saturated rings. The lowest BCUT2D eigenvalue weighted by atomic mass is 10.3. The third-order valence-corrected chi connectivity index (χ3v) is 2.85. The van der Waals surface area contributed by atoms with Gasteiger partial charge in [-0.3, -0.25) is 0 Å². The number of hydrogen-bond acceptors (Lipinski definition) is 3. The topological polar surface area (TPSA) is 43.0 Å². The van der Waals surface area contributed by atoms with Crippen LogP contribution >= 0.6 is 0 Å². The second-order valence-electron chi connectivity index (χ2n) is 4.27. The first-order chi connectivity index (χ1) is 9.42.